The Labute approximate surface area is 365 Å². The van der Waals surface area contributed by atoms with Crippen LogP contribution in [-0.4, -0.2) is 78.1 Å². The smallest absolute Gasteiger partial charge is 0.256 e. The number of aromatic nitrogens is 10. The molecular formula is C47H51ClN12O2. The number of unbranched alkanes of at least 4 members (excludes halogenated alkanes) is 2. The first-order valence-corrected chi connectivity index (χ1v) is 21.9. The Morgan fingerprint density at radius 3 is 1.71 bits per heavy atom. The molecule has 1 saturated carbocycles. The van der Waals surface area contributed by atoms with Crippen molar-refractivity contribution in [1.29, 1.82) is 0 Å². The summed E-state index contributed by atoms with van der Waals surface area (Å²) in [6.45, 7) is 5.39. The lowest BCUT2D eigenvalue weighted by atomic mass is 9.97. The number of aliphatic hydroxyl groups excluding tert-OH is 1. The van der Waals surface area contributed by atoms with Gasteiger partial charge in [0.15, 0.2) is 5.15 Å². The molecule has 0 saturated heterocycles. The Bertz CT molecular complexity index is 2580. The number of amidine groups is 1. The van der Waals surface area contributed by atoms with E-state index in [1.165, 1.54) is 0 Å². The van der Waals surface area contributed by atoms with Crippen molar-refractivity contribution in [2.45, 2.75) is 103 Å². The van der Waals surface area contributed by atoms with Gasteiger partial charge in [0, 0.05) is 30.5 Å². The van der Waals surface area contributed by atoms with Crippen LogP contribution in [0, 0.1) is 0 Å². The average Bonchev–Trinajstić information content (AvgIpc) is 4.18. The van der Waals surface area contributed by atoms with Crippen molar-refractivity contribution in [2.24, 2.45) is 4.99 Å². The Hall–Kier alpha value is -6.38. The van der Waals surface area contributed by atoms with Gasteiger partial charge in [-0.3, -0.25) is 14.7 Å². The number of tetrazole rings is 2. The van der Waals surface area contributed by atoms with Crippen LogP contribution in [0.2, 0.25) is 5.15 Å². The van der Waals surface area contributed by atoms with Gasteiger partial charge in [0.1, 0.15) is 17.2 Å². The van der Waals surface area contributed by atoms with Gasteiger partial charge in [-0.25, -0.2) is 4.98 Å². The first kappa shape index (κ1) is 42.3. The number of aliphatic hydroxyl groups is 1. The van der Waals surface area contributed by atoms with Gasteiger partial charge >= 0.3 is 0 Å². The van der Waals surface area contributed by atoms with E-state index in [0.717, 1.165) is 120 Å². The zero-order valence-corrected chi connectivity index (χ0v) is 35.9. The number of nitrogens with zero attached hydrogens (tertiary/aromatic N) is 10. The van der Waals surface area contributed by atoms with Gasteiger partial charge in [-0.2, -0.15) is 10.4 Å². The van der Waals surface area contributed by atoms with Crippen LogP contribution in [0.4, 0.5) is 0 Å². The summed E-state index contributed by atoms with van der Waals surface area (Å²) in [6, 6.07) is 32.7. The van der Waals surface area contributed by atoms with E-state index < -0.39 is 5.54 Å². The zero-order chi connectivity index (χ0) is 42.9. The highest BCUT2D eigenvalue weighted by Crippen LogP contribution is 2.40. The van der Waals surface area contributed by atoms with Crippen LogP contribution in [0.1, 0.15) is 94.3 Å². The number of aliphatic imine (C=N–C) groups is 1. The molecule has 1 fully saturated rings. The molecule has 1 aliphatic heterocycles. The van der Waals surface area contributed by atoms with Crippen molar-refractivity contribution in [2.75, 3.05) is 0 Å². The summed E-state index contributed by atoms with van der Waals surface area (Å²) < 4.78 is 2.03. The Morgan fingerprint density at radius 1 is 0.694 bits per heavy atom. The third-order valence-electron chi connectivity index (χ3n) is 11.7. The van der Waals surface area contributed by atoms with Gasteiger partial charge in [0.05, 0.1) is 18.8 Å². The number of amides is 1. The molecule has 3 N–H and O–H groups in total. The largest absolute Gasteiger partial charge is 0.390 e. The molecule has 0 radical (unpaired) electrons. The number of imidazole rings is 1. The zero-order valence-electron chi connectivity index (χ0n) is 35.1. The molecule has 15 heteroatoms. The molecule has 0 atom stereocenters. The fourth-order valence-electron chi connectivity index (χ4n) is 8.42. The SMILES string of the molecule is CCCCC1=NC2(CCCC2)C(=O)N1Cc1ccc(-c2ccccc2-c2nn[nH]n2)cc1.CCCCc1nc(Cl)c(CO)n1Cc1ccc(-c2ccccc2-c2nn[nH]n2)cc1. The summed E-state index contributed by atoms with van der Waals surface area (Å²) in [7, 11) is 0. The van der Waals surface area contributed by atoms with Gasteiger partial charge in [-0.05, 0) is 69.5 Å². The molecule has 2 aliphatic rings. The predicted octanol–water partition coefficient (Wildman–Crippen LogP) is 9.04. The monoisotopic (exact) mass is 850 g/mol. The number of H-pyrrole nitrogens is 2. The number of halogens is 1. The maximum absolute atomic E-state index is 13.4. The normalized spacial score (nSPS) is 14.4. The molecule has 0 bridgehead atoms. The van der Waals surface area contributed by atoms with Gasteiger partial charge < -0.3 is 9.67 Å². The number of aryl methyl sites for hydroxylation is 1. The second-order valence-electron chi connectivity index (χ2n) is 15.8. The molecule has 3 aromatic heterocycles. The van der Waals surface area contributed by atoms with Crippen LogP contribution in [0.25, 0.3) is 45.0 Å². The molecule has 7 aromatic rings. The lowest BCUT2D eigenvalue weighted by Crippen LogP contribution is -2.40. The molecule has 4 aromatic carbocycles. The minimum absolute atomic E-state index is 0.131. The number of nitrogens with one attached hydrogen (secondary N) is 2. The van der Waals surface area contributed by atoms with Crippen molar-refractivity contribution >= 4 is 23.3 Å². The van der Waals surface area contributed by atoms with Crippen molar-refractivity contribution in [3.63, 3.8) is 0 Å². The van der Waals surface area contributed by atoms with Crippen molar-refractivity contribution in [3.8, 4) is 45.0 Å². The van der Waals surface area contributed by atoms with E-state index in [0.29, 0.717) is 35.6 Å². The van der Waals surface area contributed by atoms with E-state index in [1.807, 2.05) is 51.9 Å². The highest BCUT2D eigenvalue weighted by atomic mass is 35.5. The van der Waals surface area contributed by atoms with Crippen molar-refractivity contribution in [3.05, 3.63) is 125 Å². The third-order valence-corrected chi connectivity index (χ3v) is 12.0. The molecule has 1 amide bonds. The molecule has 1 spiro atoms. The molecule has 62 heavy (non-hydrogen) atoms. The molecular weight excluding hydrogens is 800 g/mol. The third kappa shape index (κ3) is 9.12. The first-order valence-electron chi connectivity index (χ1n) is 21.5. The number of hydrogen-bond donors (Lipinski definition) is 3. The maximum atomic E-state index is 13.4. The Morgan fingerprint density at radius 2 is 1.21 bits per heavy atom. The van der Waals surface area contributed by atoms with Gasteiger partial charge in [-0.15, -0.1) is 20.4 Å². The van der Waals surface area contributed by atoms with E-state index in [4.69, 9.17) is 16.6 Å². The Kier molecular flexibility index (Phi) is 13.3. The number of carbonyl (C=O) groups is 1. The van der Waals surface area contributed by atoms with E-state index in [9.17, 15) is 9.90 Å². The first-order chi connectivity index (χ1) is 30.4. The summed E-state index contributed by atoms with van der Waals surface area (Å²) in [4.78, 5) is 24.8. The van der Waals surface area contributed by atoms with Crippen molar-refractivity contribution in [1.82, 2.24) is 55.7 Å². The van der Waals surface area contributed by atoms with Crippen LogP contribution in [0.3, 0.4) is 0 Å². The summed E-state index contributed by atoms with van der Waals surface area (Å²) in [5, 5.41) is 39.0. The quantitative estimate of drug-likeness (QED) is 0.0907. The van der Waals surface area contributed by atoms with Crippen LogP contribution in [0.15, 0.2) is 102 Å². The van der Waals surface area contributed by atoms with E-state index in [1.54, 1.807) is 0 Å². The minimum atomic E-state index is -0.480. The van der Waals surface area contributed by atoms with Gasteiger partial charge in [0.25, 0.3) is 5.91 Å². The van der Waals surface area contributed by atoms with Crippen LogP contribution >= 0.6 is 11.6 Å². The number of hydrogen-bond acceptors (Lipinski definition) is 10. The predicted molar refractivity (Wildman–Crippen MR) is 240 cm³/mol. The average molecular weight is 851 g/mol. The molecule has 9 rings (SSSR count). The number of carbonyl (C=O) groups excluding carboxylic acids is 1. The molecule has 0 unspecified atom stereocenters. The Balaban J connectivity index is 0.000000171. The minimum Gasteiger partial charge on any atom is -0.390 e. The van der Waals surface area contributed by atoms with E-state index in [-0.39, 0.29) is 12.5 Å². The maximum Gasteiger partial charge on any atom is 0.256 e. The van der Waals surface area contributed by atoms with Crippen LogP contribution < -0.4 is 0 Å². The molecule has 318 valence electrons. The van der Waals surface area contributed by atoms with Crippen LogP contribution in [0.5, 0.6) is 0 Å². The highest BCUT2D eigenvalue weighted by molar-refractivity contribution is 6.30. The number of rotatable bonds is 15. The second-order valence-corrected chi connectivity index (χ2v) is 16.2. The van der Waals surface area contributed by atoms with E-state index >= 15 is 0 Å². The molecule has 14 nitrogen and oxygen atoms in total. The molecule has 1 aliphatic carbocycles. The number of benzene rings is 4. The summed E-state index contributed by atoms with van der Waals surface area (Å²) in [5.41, 5.74) is 8.48. The van der Waals surface area contributed by atoms with Crippen molar-refractivity contribution < 1.29 is 9.90 Å². The van der Waals surface area contributed by atoms with Gasteiger partial charge in [0.2, 0.25) is 11.6 Å². The summed E-state index contributed by atoms with van der Waals surface area (Å²) >= 11 is 6.26. The fraction of sp³-hybridized carbons (Fsp3) is 0.340. The van der Waals surface area contributed by atoms with Crippen LogP contribution in [-0.2, 0) is 30.9 Å². The fourth-order valence-corrected chi connectivity index (χ4v) is 8.68. The highest BCUT2D eigenvalue weighted by Gasteiger charge is 2.49. The summed E-state index contributed by atoms with van der Waals surface area (Å²) in [6.07, 6.45) is 9.96. The van der Waals surface area contributed by atoms with Gasteiger partial charge in [-0.1, -0.05) is 148 Å². The topological polar surface area (TPSA) is 180 Å². The summed E-state index contributed by atoms with van der Waals surface area (Å²) in [5.74, 6) is 3.23. The standard InChI is InChI=1S/C25H28N6O.C22H23ClN6O/c1-2-3-10-22-26-25(15-6-7-16-25)24(32)31(22)17-18-11-13-19(14-12-18)20-8-4-5-9-21(20)23-27-29-30-28-23;1-2-3-8-20-24-21(23)19(14-30)29(20)13-15-9-11-16(12-10-15)17-6-4-5-7-18(17)22-25-27-28-26-22/h4-5,8-9,11-14H,2-3,6-7,10,15-17H2,1H3,(H,27,28,29,30);4-7,9-12,30H,2-3,8,13-14H2,1H3,(H,25,26,27,28). The second kappa shape index (κ2) is 19.6. The molecule has 4 heterocycles. The van der Waals surface area contributed by atoms with E-state index in [2.05, 4.69) is 115 Å². The number of aromatic amines is 2. The lowest BCUT2D eigenvalue weighted by molar-refractivity contribution is -0.131. The lowest BCUT2D eigenvalue weighted by Gasteiger charge is -2.23.